The van der Waals surface area contributed by atoms with Crippen molar-refractivity contribution in [2.75, 3.05) is 6.79 Å². The Balaban J connectivity index is 0.000000250. The third-order valence-corrected chi connectivity index (χ3v) is 0.384. The van der Waals surface area contributed by atoms with Crippen molar-refractivity contribution >= 4 is 8.41 Å². The van der Waals surface area contributed by atoms with E-state index in [-0.39, 0.29) is 8.41 Å². The molecule has 1 aliphatic heterocycles. The van der Waals surface area contributed by atoms with Gasteiger partial charge < -0.3 is 9.47 Å². The lowest BCUT2D eigenvalue weighted by molar-refractivity contribution is 0.0920. The third kappa shape index (κ3) is 1.01. The Kier molecular flexibility index (Phi) is 2.37. The molecule has 0 saturated carbocycles. The van der Waals surface area contributed by atoms with Gasteiger partial charge in [-0.15, -0.1) is 0 Å². The van der Waals surface area contributed by atoms with Gasteiger partial charge in [-0.1, -0.05) is 0 Å². The predicted molar refractivity (Wildman–Crippen MR) is 21.9 cm³/mol. The Hall–Kier alpha value is -0.595. The summed E-state index contributed by atoms with van der Waals surface area (Å²) < 4.78 is 9.08. The molecule has 0 spiro atoms. The molecule has 0 aliphatic carbocycles. The van der Waals surface area contributed by atoms with Gasteiger partial charge in [-0.25, -0.2) is 0 Å². The van der Waals surface area contributed by atoms with Crippen molar-refractivity contribution in [1.82, 2.24) is 0 Å². The molecule has 1 aliphatic rings. The van der Waals surface area contributed by atoms with Gasteiger partial charge in [-0.3, -0.25) is 0 Å². The van der Waals surface area contributed by atoms with E-state index in [2.05, 4.69) is 9.47 Å². The smallest absolute Gasteiger partial charge is 0.229 e. The second kappa shape index (κ2) is 2.63. The van der Waals surface area contributed by atoms with Gasteiger partial charge in [-0.05, 0) is 0 Å². The molecule has 0 bridgehead atoms. The van der Waals surface area contributed by atoms with E-state index in [1.807, 2.05) is 0 Å². The van der Waals surface area contributed by atoms with Gasteiger partial charge in [0.05, 0.1) is 0 Å². The van der Waals surface area contributed by atoms with Gasteiger partial charge in [0, 0.05) is 8.41 Å². The molecular formula is C3H4BO2. The fourth-order valence-electron chi connectivity index (χ4n) is 0.196. The number of rotatable bonds is 0. The minimum Gasteiger partial charge on any atom is -0.462 e. The quantitative estimate of drug-likeness (QED) is 0.386. The molecular weight excluding hydrogens is 78.8 g/mol. The molecule has 0 amide bonds. The van der Waals surface area contributed by atoms with Crippen LogP contribution in [0.5, 0.6) is 0 Å². The van der Waals surface area contributed by atoms with Gasteiger partial charge >= 0.3 is 0 Å². The average molecular weight is 82.9 g/mol. The average Bonchev–Trinajstić information content (AvgIpc) is 1.76. The lowest BCUT2D eigenvalue weighted by Gasteiger charge is -1.82. The summed E-state index contributed by atoms with van der Waals surface area (Å²) in [5.74, 6) is 0. The number of hydrogen-bond donors (Lipinski definition) is 0. The highest BCUT2D eigenvalue weighted by Gasteiger charge is 1.82. The molecule has 1 rings (SSSR count). The summed E-state index contributed by atoms with van der Waals surface area (Å²) in [7, 11) is 0. The highest BCUT2D eigenvalue weighted by atomic mass is 16.7. The summed E-state index contributed by atoms with van der Waals surface area (Å²) in [4.78, 5) is 0. The Morgan fingerprint density at radius 1 is 1.17 bits per heavy atom. The first-order valence-corrected chi connectivity index (χ1v) is 1.38. The molecule has 0 fully saturated rings. The van der Waals surface area contributed by atoms with E-state index in [9.17, 15) is 0 Å². The number of ether oxygens (including phenoxy) is 2. The topological polar surface area (TPSA) is 18.5 Å². The second-order valence-electron chi connectivity index (χ2n) is 0.723. The van der Waals surface area contributed by atoms with Crippen LogP contribution < -0.4 is 0 Å². The molecule has 0 unspecified atom stereocenters. The molecule has 6 heavy (non-hydrogen) atoms. The van der Waals surface area contributed by atoms with Crippen molar-refractivity contribution in [3.05, 3.63) is 12.5 Å². The monoisotopic (exact) mass is 83.0 g/mol. The normalized spacial score (nSPS) is 14.7. The van der Waals surface area contributed by atoms with Crippen LogP contribution in [0, 0.1) is 0 Å². The van der Waals surface area contributed by atoms with E-state index in [1.54, 1.807) is 0 Å². The van der Waals surface area contributed by atoms with Crippen LogP contribution in [-0.4, -0.2) is 15.2 Å². The summed E-state index contributed by atoms with van der Waals surface area (Å²) in [5, 5.41) is 0. The zero-order valence-corrected chi connectivity index (χ0v) is 3.26. The summed E-state index contributed by atoms with van der Waals surface area (Å²) in [5.41, 5.74) is 0. The van der Waals surface area contributed by atoms with Crippen molar-refractivity contribution in [1.29, 1.82) is 0 Å². The summed E-state index contributed by atoms with van der Waals surface area (Å²) in [6, 6.07) is 0. The van der Waals surface area contributed by atoms with Crippen molar-refractivity contribution in [3.8, 4) is 0 Å². The maximum absolute atomic E-state index is 4.54. The summed E-state index contributed by atoms with van der Waals surface area (Å²) >= 11 is 0. The van der Waals surface area contributed by atoms with Crippen molar-refractivity contribution in [2.45, 2.75) is 0 Å². The molecule has 2 nitrogen and oxygen atoms in total. The molecule has 31 valence electrons. The number of hydrogen-bond acceptors (Lipinski definition) is 2. The van der Waals surface area contributed by atoms with E-state index in [1.165, 1.54) is 12.5 Å². The van der Waals surface area contributed by atoms with Crippen LogP contribution in [0.25, 0.3) is 0 Å². The first-order valence-electron chi connectivity index (χ1n) is 1.38. The molecule has 1 heterocycles. The molecule has 0 aromatic rings. The summed E-state index contributed by atoms with van der Waals surface area (Å²) in [6.07, 6.45) is 3.03. The van der Waals surface area contributed by atoms with Crippen molar-refractivity contribution in [3.63, 3.8) is 0 Å². The lowest BCUT2D eigenvalue weighted by Crippen LogP contribution is -1.75. The van der Waals surface area contributed by atoms with Crippen LogP contribution in [0.15, 0.2) is 12.5 Å². The van der Waals surface area contributed by atoms with Gasteiger partial charge in [0.25, 0.3) is 0 Å². The SMILES string of the molecule is C1=COCO1.[B]. The molecule has 0 aromatic carbocycles. The Labute approximate surface area is 38.3 Å². The van der Waals surface area contributed by atoms with Crippen molar-refractivity contribution < 1.29 is 9.47 Å². The third-order valence-electron chi connectivity index (χ3n) is 0.384. The van der Waals surface area contributed by atoms with Crippen LogP contribution in [0.4, 0.5) is 0 Å². The van der Waals surface area contributed by atoms with Crippen LogP contribution in [-0.2, 0) is 9.47 Å². The van der Waals surface area contributed by atoms with E-state index >= 15 is 0 Å². The molecule has 0 aromatic heterocycles. The minimum atomic E-state index is 0. The van der Waals surface area contributed by atoms with Crippen molar-refractivity contribution in [2.24, 2.45) is 0 Å². The summed E-state index contributed by atoms with van der Waals surface area (Å²) in [6.45, 7) is 0.389. The van der Waals surface area contributed by atoms with E-state index in [0.717, 1.165) is 0 Å². The van der Waals surface area contributed by atoms with Crippen LogP contribution in [0.3, 0.4) is 0 Å². The zero-order chi connectivity index (χ0) is 3.54. The maximum atomic E-state index is 4.54. The van der Waals surface area contributed by atoms with Crippen LogP contribution in [0.2, 0.25) is 0 Å². The molecule has 0 atom stereocenters. The Morgan fingerprint density at radius 2 is 1.67 bits per heavy atom. The van der Waals surface area contributed by atoms with Crippen LogP contribution in [0.1, 0.15) is 0 Å². The first-order chi connectivity index (χ1) is 2.50. The molecule has 0 N–H and O–H groups in total. The van der Waals surface area contributed by atoms with Gasteiger partial charge in [-0.2, -0.15) is 0 Å². The highest BCUT2D eigenvalue weighted by Crippen LogP contribution is 1.88. The first kappa shape index (κ1) is 5.40. The fraction of sp³-hybridized carbons (Fsp3) is 0.333. The second-order valence-corrected chi connectivity index (χ2v) is 0.723. The Morgan fingerprint density at radius 3 is 1.83 bits per heavy atom. The van der Waals surface area contributed by atoms with Gasteiger partial charge in [0.2, 0.25) is 6.79 Å². The molecule has 0 saturated heterocycles. The van der Waals surface area contributed by atoms with Crippen LogP contribution >= 0.6 is 0 Å². The Bertz CT molecular complexity index is 46.8. The van der Waals surface area contributed by atoms with E-state index in [0.29, 0.717) is 6.79 Å². The lowest BCUT2D eigenvalue weighted by atomic mass is 10.8. The zero-order valence-electron chi connectivity index (χ0n) is 3.26. The van der Waals surface area contributed by atoms with E-state index < -0.39 is 0 Å². The largest absolute Gasteiger partial charge is 0.462 e. The maximum Gasteiger partial charge on any atom is 0.229 e. The van der Waals surface area contributed by atoms with E-state index in [4.69, 9.17) is 0 Å². The van der Waals surface area contributed by atoms with Gasteiger partial charge in [0.15, 0.2) is 0 Å². The fourth-order valence-corrected chi connectivity index (χ4v) is 0.196. The molecule has 3 radical (unpaired) electrons. The highest BCUT2D eigenvalue weighted by molar-refractivity contribution is 5.75. The minimum absolute atomic E-state index is 0. The molecule has 3 heteroatoms. The predicted octanol–water partition coefficient (Wildman–Crippen LogP) is 0.0811. The van der Waals surface area contributed by atoms with Gasteiger partial charge in [0.1, 0.15) is 12.5 Å². The standard InChI is InChI=1S/C3H4O2.B/c1-2-5-3-4-1;/h1-2H,3H2;.